The van der Waals surface area contributed by atoms with Crippen LogP contribution in [-0.4, -0.2) is 24.9 Å². The lowest BCUT2D eigenvalue weighted by atomic mass is 10.1. The quantitative estimate of drug-likeness (QED) is 0.575. The van der Waals surface area contributed by atoms with Crippen LogP contribution in [0.2, 0.25) is 0 Å². The van der Waals surface area contributed by atoms with Crippen LogP contribution in [0.5, 0.6) is 0 Å². The molecule has 0 atom stereocenters. The lowest BCUT2D eigenvalue weighted by Crippen LogP contribution is -2.38. The monoisotopic (exact) mass is 264 g/mol. The highest BCUT2D eigenvalue weighted by Gasteiger charge is 2.09. The average molecular weight is 264 g/mol. The molecule has 1 aromatic carbocycles. The fraction of sp³-hybridized carbons (Fsp3) is 0.385. The first-order valence-electron chi connectivity index (χ1n) is 6.09. The zero-order valence-electron chi connectivity index (χ0n) is 11.2. The zero-order chi connectivity index (χ0) is 14.4. The third kappa shape index (κ3) is 5.29. The van der Waals surface area contributed by atoms with Gasteiger partial charge in [0.15, 0.2) is 0 Å². The predicted molar refractivity (Wildman–Crippen MR) is 75.4 cm³/mol. The first kappa shape index (κ1) is 14.8. The number of rotatable bonds is 5. The fourth-order valence-electron chi connectivity index (χ4n) is 1.45. The van der Waals surface area contributed by atoms with E-state index in [0.29, 0.717) is 29.4 Å². The van der Waals surface area contributed by atoms with E-state index >= 15 is 0 Å². The number of hydrogen-bond donors (Lipinski definition) is 4. The van der Waals surface area contributed by atoms with Crippen molar-refractivity contribution in [1.82, 2.24) is 10.6 Å². The van der Waals surface area contributed by atoms with Gasteiger partial charge in [0.25, 0.3) is 5.91 Å². The lowest BCUT2D eigenvalue weighted by Gasteiger charge is -2.09. The molecular formula is C13H20N4O2. The van der Waals surface area contributed by atoms with E-state index in [1.165, 1.54) is 12.1 Å². The molecule has 6 nitrogen and oxygen atoms in total. The van der Waals surface area contributed by atoms with Gasteiger partial charge in [-0.05, 0) is 24.1 Å². The van der Waals surface area contributed by atoms with Crippen LogP contribution < -0.4 is 22.1 Å². The summed E-state index contributed by atoms with van der Waals surface area (Å²) in [4.78, 5) is 23.2. The van der Waals surface area contributed by atoms with Gasteiger partial charge in [-0.25, -0.2) is 0 Å². The van der Waals surface area contributed by atoms with Crippen LogP contribution in [0.4, 0.5) is 11.4 Å². The van der Waals surface area contributed by atoms with Gasteiger partial charge in [-0.3, -0.25) is 9.59 Å². The summed E-state index contributed by atoms with van der Waals surface area (Å²) in [5.41, 5.74) is 12.4. The van der Waals surface area contributed by atoms with E-state index in [9.17, 15) is 9.59 Å². The minimum absolute atomic E-state index is 0.0692. The average Bonchev–Trinajstić information content (AvgIpc) is 2.32. The second kappa shape index (κ2) is 6.63. The number of hydrogen-bond acceptors (Lipinski definition) is 4. The Balaban J connectivity index is 2.49. The van der Waals surface area contributed by atoms with Crippen LogP contribution in [0, 0.1) is 5.92 Å². The molecule has 0 saturated heterocycles. The van der Waals surface area contributed by atoms with Crippen LogP contribution in [0.1, 0.15) is 24.2 Å². The number of carbonyl (C=O) groups excluding carboxylic acids is 2. The normalized spacial score (nSPS) is 10.3. The summed E-state index contributed by atoms with van der Waals surface area (Å²) in [5.74, 6) is -0.231. The van der Waals surface area contributed by atoms with E-state index in [2.05, 4.69) is 10.6 Å². The molecular weight excluding hydrogens is 244 g/mol. The van der Waals surface area contributed by atoms with Gasteiger partial charge in [0.1, 0.15) is 0 Å². The number of carbonyl (C=O) groups is 2. The zero-order valence-corrected chi connectivity index (χ0v) is 11.2. The molecule has 0 aliphatic carbocycles. The number of nitrogens with two attached hydrogens (primary N) is 2. The van der Waals surface area contributed by atoms with Crippen LogP contribution >= 0.6 is 0 Å². The molecule has 1 rings (SSSR count). The van der Waals surface area contributed by atoms with Crippen LogP contribution in [0.3, 0.4) is 0 Å². The van der Waals surface area contributed by atoms with Gasteiger partial charge in [0, 0.05) is 23.5 Å². The van der Waals surface area contributed by atoms with E-state index in [4.69, 9.17) is 11.5 Å². The highest BCUT2D eigenvalue weighted by molar-refractivity contribution is 5.98. The highest BCUT2D eigenvalue weighted by atomic mass is 16.2. The highest BCUT2D eigenvalue weighted by Crippen LogP contribution is 2.13. The first-order chi connectivity index (χ1) is 8.88. The van der Waals surface area contributed by atoms with Gasteiger partial charge in [-0.15, -0.1) is 0 Å². The molecule has 19 heavy (non-hydrogen) atoms. The fourth-order valence-corrected chi connectivity index (χ4v) is 1.45. The summed E-state index contributed by atoms with van der Waals surface area (Å²) in [6, 6.07) is 4.58. The minimum atomic E-state index is -0.376. The number of anilines is 2. The van der Waals surface area contributed by atoms with Crippen molar-refractivity contribution in [3.05, 3.63) is 23.8 Å². The Labute approximate surface area is 112 Å². The largest absolute Gasteiger partial charge is 0.399 e. The summed E-state index contributed by atoms with van der Waals surface area (Å²) < 4.78 is 0. The Kier molecular flexibility index (Phi) is 5.17. The molecule has 0 aliphatic rings. The topological polar surface area (TPSA) is 110 Å². The van der Waals surface area contributed by atoms with E-state index < -0.39 is 0 Å². The predicted octanol–water partition coefficient (Wildman–Crippen LogP) is 0.353. The van der Waals surface area contributed by atoms with Crippen molar-refractivity contribution in [1.29, 1.82) is 0 Å². The maximum absolute atomic E-state index is 11.8. The molecule has 0 spiro atoms. The minimum Gasteiger partial charge on any atom is -0.399 e. The molecule has 0 unspecified atom stereocenters. The molecule has 0 saturated carbocycles. The summed E-state index contributed by atoms with van der Waals surface area (Å²) in [6.07, 6.45) is 0. The Bertz CT molecular complexity index is 451. The molecule has 6 heteroatoms. The van der Waals surface area contributed by atoms with Crippen molar-refractivity contribution in [2.75, 3.05) is 24.6 Å². The van der Waals surface area contributed by atoms with Gasteiger partial charge in [0.2, 0.25) is 5.91 Å². The molecule has 104 valence electrons. The molecule has 0 radical (unpaired) electrons. The van der Waals surface area contributed by atoms with Gasteiger partial charge in [-0.2, -0.15) is 0 Å². The van der Waals surface area contributed by atoms with Gasteiger partial charge < -0.3 is 22.1 Å². The molecule has 0 fully saturated rings. The molecule has 1 aromatic rings. The summed E-state index contributed by atoms with van der Waals surface area (Å²) in [6.45, 7) is 4.50. The van der Waals surface area contributed by atoms with Crippen molar-refractivity contribution in [3.8, 4) is 0 Å². The SMILES string of the molecule is CC(C)CNC(=O)CNC(=O)c1cc(N)cc(N)c1. The van der Waals surface area contributed by atoms with E-state index in [-0.39, 0.29) is 18.4 Å². The maximum Gasteiger partial charge on any atom is 0.251 e. The molecule has 0 bridgehead atoms. The Morgan fingerprint density at radius 2 is 1.68 bits per heavy atom. The summed E-state index contributed by atoms with van der Waals surface area (Å²) >= 11 is 0. The van der Waals surface area contributed by atoms with Gasteiger partial charge in [0.05, 0.1) is 6.54 Å². The van der Waals surface area contributed by atoms with E-state index in [1.807, 2.05) is 13.8 Å². The van der Waals surface area contributed by atoms with Crippen LogP contribution in [-0.2, 0) is 4.79 Å². The standard InChI is InChI=1S/C13H20N4O2/c1-8(2)6-16-12(18)7-17-13(19)9-3-10(14)5-11(15)4-9/h3-5,8H,6-7,14-15H2,1-2H3,(H,16,18)(H,17,19). The van der Waals surface area contributed by atoms with Crippen LogP contribution in [0.15, 0.2) is 18.2 Å². The van der Waals surface area contributed by atoms with Gasteiger partial charge >= 0.3 is 0 Å². The van der Waals surface area contributed by atoms with E-state index in [1.54, 1.807) is 6.07 Å². The number of nitrogen functional groups attached to an aromatic ring is 2. The second-order valence-corrected chi connectivity index (χ2v) is 4.77. The lowest BCUT2D eigenvalue weighted by molar-refractivity contribution is -0.120. The van der Waals surface area contributed by atoms with Crippen molar-refractivity contribution >= 4 is 23.2 Å². The van der Waals surface area contributed by atoms with Crippen molar-refractivity contribution in [3.63, 3.8) is 0 Å². The van der Waals surface area contributed by atoms with Crippen molar-refractivity contribution in [2.24, 2.45) is 5.92 Å². The van der Waals surface area contributed by atoms with Crippen molar-refractivity contribution in [2.45, 2.75) is 13.8 Å². The second-order valence-electron chi connectivity index (χ2n) is 4.77. The van der Waals surface area contributed by atoms with Crippen LogP contribution in [0.25, 0.3) is 0 Å². The number of nitrogens with one attached hydrogen (secondary N) is 2. The Morgan fingerprint density at radius 3 is 2.21 bits per heavy atom. The molecule has 2 amide bonds. The van der Waals surface area contributed by atoms with E-state index in [0.717, 1.165) is 0 Å². The third-order valence-corrected chi connectivity index (χ3v) is 2.36. The first-order valence-corrected chi connectivity index (χ1v) is 6.09. The number of amides is 2. The van der Waals surface area contributed by atoms with Gasteiger partial charge in [-0.1, -0.05) is 13.8 Å². The summed E-state index contributed by atoms with van der Waals surface area (Å²) in [7, 11) is 0. The molecule has 6 N–H and O–H groups in total. The summed E-state index contributed by atoms with van der Waals surface area (Å²) in [5, 5.41) is 5.22. The third-order valence-electron chi connectivity index (χ3n) is 2.36. The maximum atomic E-state index is 11.8. The molecule has 0 aliphatic heterocycles. The Hall–Kier alpha value is -2.24. The smallest absolute Gasteiger partial charge is 0.251 e. The van der Waals surface area contributed by atoms with Crippen molar-refractivity contribution < 1.29 is 9.59 Å². The number of benzene rings is 1. The molecule has 0 aromatic heterocycles. The molecule has 0 heterocycles. The Morgan fingerprint density at radius 1 is 1.11 bits per heavy atom.